The molecule has 1 aliphatic rings. The van der Waals surface area contributed by atoms with E-state index in [1.807, 2.05) is 57.8 Å². The summed E-state index contributed by atoms with van der Waals surface area (Å²) in [5.74, 6) is 2.06. The van der Waals surface area contributed by atoms with Crippen LogP contribution in [0.25, 0.3) is 22.2 Å². The summed E-state index contributed by atoms with van der Waals surface area (Å²) < 4.78 is 15.6. The van der Waals surface area contributed by atoms with Gasteiger partial charge in [0, 0.05) is 55.6 Å². The summed E-state index contributed by atoms with van der Waals surface area (Å²) in [6.45, 7) is 2.54. The topological polar surface area (TPSA) is 91.9 Å². The molecule has 9 heteroatoms. The average Bonchev–Trinajstić information content (AvgIpc) is 3.43. The second kappa shape index (κ2) is 9.09. The molecule has 0 radical (unpaired) electrons. The van der Waals surface area contributed by atoms with Crippen molar-refractivity contribution in [1.82, 2.24) is 29.5 Å². The van der Waals surface area contributed by atoms with Gasteiger partial charge in [-0.2, -0.15) is 15.2 Å². The third-order valence-corrected chi connectivity index (χ3v) is 6.09. The second-order valence-electron chi connectivity index (χ2n) is 8.33. The van der Waals surface area contributed by atoms with E-state index < -0.39 is 0 Å². The van der Waals surface area contributed by atoms with Gasteiger partial charge in [0.05, 0.1) is 24.4 Å². The molecule has 1 N–H and O–H groups in total. The summed E-state index contributed by atoms with van der Waals surface area (Å²) in [4.78, 5) is 8.98. The zero-order chi connectivity index (χ0) is 22.8. The van der Waals surface area contributed by atoms with Crippen LogP contribution in [0.4, 0.5) is 5.82 Å². The monoisotopic (exact) mass is 447 g/mol. The van der Waals surface area contributed by atoms with E-state index in [-0.39, 0.29) is 6.10 Å². The first-order chi connectivity index (χ1) is 16.1. The Kier molecular flexibility index (Phi) is 5.85. The molecule has 0 saturated heterocycles. The number of ether oxygens (including phenoxy) is 2. The SMILES string of the molecule is CCOc1cccc(OC2CCC(n3nc(-c4cnn(C)c4)c4cnc(NC)cc43)CC2)n1. The molecule has 0 unspecified atom stereocenters. The van der Waals surface area contributed by atoms with Crippen molar-refractivity contribution in [2.24, 2.45) is 7.05 Å². The minimum atomic E-state index is 0.139. The molecule has 33 heavy (non-hydrogen) atoms. The van der Waals surface area contributed by atoms with Crippen LogP contribution in [0.15, 0.2) is 42.9 Å². The van der Waals surface area contributed by atoms with Crippen molar-refractivity contribution in [3.8, 4) is 23.0 Å². The van der Waals surface area contributed by atoms with Gasteiger partial charge in [0.2, 0.25) is 11.8 Å². The van der Waals surface area contributed by atoms with Crippen LogP contribution in [0.2, 0.25) is 0 Å². The Morgan fingerprint density at radius 1 is 1.12 bits per heavy atom. The maximum Gasteiger partial charge on any atom is 0.216 e. The highest BCUT2D eigenvalue weighted by atomic mass is 16.5. The van der Waals surface area contributed by atoms with Gasteiger partial charge in [-0.15, -0.1) is 0 Å². The van der Waals surface area contributed by atoms with E-state index in [9.17, 15) is 0 Å². The maximum absolute atomic E-state index is 6.18. The summed E-state index contributed by atoms with van der Waals surface area (Å²) in [5, 5.41) is 13.5. The molecule has 0 bridgehead atoms. The third-order valence-electron chi connectivity index (χ3n) is 6.09. The van der Waals surface area contributed by atoms with Gasteiger partial charge in [0.25, 0.3) is 0 Å². The van der Waals surface area contributed by atoms with Crippen molar-refractivity contribution in [2.45, 2.75) is 44.8 Å². The molecule has 1 aliphatic carbocycles. The van der Waals surface area contributed by atoms with Gasteiger partial charge in [-0.25, -0.2) is 4.98 Å². The lowest BCUT2D eigenvalue weighted by Crippen LogP contribution is -2.26. The average molecular weight is 448 g/mol. The Balaban J connectivity index is 1.36. The normalized spacial score (nSPS) is 18.4. The van der Waals surface area contributed by atoms with E-state index in [0.717, 1.165) is 53.7 Å². The van der Waals surface area contributed by atoms with Crippen LogP contribution < -0.4 is 14.8 Å². The second-order valence-corrected chi connectivity index (χ2v) is 8.33. The van der Waals surface area contributed by atoms with Crippen LogP contribution in [0, 0.1) is 0 Å². The van der Waals surface area contributed by atoms with Crippen molar-refractivity contribution in [1.29, 1.82) is 0 Å². The molecular weight excluding hydrogens is 418 g/mol. The predicted molar refractivity (Wildman–Crippen MR) is 127 cm³/mol. The fourth-order valence-corrected chi connectivity index (χ4v) is 4.47. The fourth-order valence-electron chi connectivity index (χ4n) is 4.47. The van der Waals surface area contributed by atoms with Crippen LogP contribution in [0.1, 0.15) is 38.6 Å². The Morgan fingerprint density at radius 3 is 2.67 bits per heavy atom. The highest BCUT2D eigenvalue weighted by Gasteiger charge is 2.27. The zero-order valence-corrected chi connectivity index (χ0v) is 19.2. The predicted octanol–water partition coefficient (Wildman–Crippen LogP) is 4.23. The van der Waals surface area contributed by atoms with Gasteiger partial charge in [-0.1, -0.05) is 6.07 Å². The molecule has 9 nitrogen and oxygen atoms in total. The van der Waals surface area contributed by atoms with E-state index in [1.54, 1.807) is 4.68 Å². The number of pyridine rings is 2. The number of nitrogens with zero attached hydrogens (tertiary/aromatic N) is 6. The van der Waals surface area contributed by atoms with Crippen LogP contribution in [0.3, 0.4) is 0 Å². The molecule has 0 atom stereocenters. The van der Waals surface area contributed by atoms with Gasteiger partial charge in [0.15, 0.2) is 0 Å². The van der Waals surface area contributed by atoms with Crippen LogP contribution >= 0.6 is 0 Å². The molecule has 4 heterocycles. The number of hydrogen-bond donors (Lipinski definition) is 1. The molecule has 5 rings (SSSR count). The summed E-state index contributed by atoms with van der Waals surface area (Å²) in [7, 11) is 3.80. The molecule has 4 aromatic heterocycles. The minimum Gasteiger partial charge on any atom is -0.478 e. The summed E-state index contributed by atoms with van der Waals surface area (Å²) in [5.41, 5.74) is 3.00. The first kappa shape index (κ1) is 21.2. The number of nitrogens with one attached hydrogen (secondary N) is 1. The lowest BCUT2D eigenvalue weighted by molar-refractivity contribution is 0.124. The van der Waals surface area contributed by atoms with Crippen LogP contribution in [-0.4, -0.2) is 49.3 Å². The van der Waals surface area contributed by atoms with Crippen molar-refractivity contribution in [3.63, 3.8) is 0 Å². The van der Waals surface area contributed by atoms with Gasteiger partial charge < -0.3 is 14.8 Å². The van der Waals surface area contributed by atoms with Crippen molar-refractivity contribution >= 4 is 16.7 Å². The van der Waals surface area contributed by atoms with E-state index in [4.69, 9.17) is 14.6 Å². The molecular formula is C24H29N7O2. The van der Waals surface area contributed by atoms with Crippen molar-refractivity contribution in [3.05, 3.63) is 42.9 Å². The van der Waals surface area contributed by atoms with Gasteiger partial charge in [-0.3, -0.25) is 9.36 Å². The number of rotatable bonds is 7. The van der Waals surface area contributed by atoms with Crippen LogP contribution in [0.5, 0.6) is 11.8 Å². The highest BCUT2D eigenvalue weighted by molar-refractivity contribution is 5.93. The van der Waals surface area contributed by atoms with Gasteiger partial charge in [-0.05, 0) is 32.6 Å². The highest BCUT2D eigenvalue weighted by Crippen LogP contribution is 2.36. The third kappa shape index (κ3) is 4.35. The Labute approximate surface area is 192 Å². The maximum atomic E-state index is 6.18. The molecule has 0 spiro atoms. The Bertz CT molecular complexity index is 1240. The van der Waals surface area contributed by atoms with Crippen LogP contribution in [-0.2, 0) is 7.05 Å². The Hall–Kier alpha value is -3.62. The lowest BCUT2D eigenvalue weighted by Gasteiger charge is -2.29. The van der Waals surface area contributed by atoms with E-state index in [0.29, 0.717) is 24.4 Å². The van der Waals surface area contributed by atoms with Crippen molar-refractivity contribution < 1.29 is 9.47 Å². The standard InChI is InChI=1S/C24H29N7O2/c1-4-32-22-6-5-7-23(28-22)33-18-10-8-17(9-11-18)31-20-12-21(25-2)26-14-19(20)24(29-31)16-13-27-30(3)15-16/h5-7,12-15,17-18H,4,8-11H2,1-3H3,(H,25,26). The molecule has 4 aromatic rings. The summed E-state index contributed by atoms with van der Waals surface area (Å²) >= 11 is 0. The number of fused-ring (bicyclic) bond motifs is 1. The smallest absolute Gasteiger partial charge is 0.216 e. The minimum absolute atomic E-state index is 0.139. The molecule has 1 saturated carbocycles. The molecule has 0 aromatic carbocycles. The number of anilines is 1. The van der Waals surface area contributed by atoms with E-state index in [1.165, 1.54) is 0 Å². The number of hydrogen-bond acceptors (Lipinski definition) is 7. The zero-order valence-electron chi connectivity index (χ0n) is 19.2. The van der Waals surface area contributed by atoms with E-state index in [2.05, 4.69) is 31.1 Å². The molecule has 0 aliphatic heterocycles. The summed E-state index contributed by atoms with van der Waals surface area (Å²) in [6, 6.07) is 8.04. The van der Waals surface area contributed by atoms with Crippen molar-refractivity contribution in [2.75, 3.05) is 19.0 Å². The number of aromatic nitrogens is 6. The van der Waals surface area contributed by atoms with Gasteiger partial charge >= 0.3 is 0 Å². The Morgan fingerprint density at radius 2 is 1.94 bits per heavy atom. The quantitative estimate of drug-likeness (QED) is 0.453. The fraction of sp³-hybridized carbons (Fsp3) is 0.417. The number of aryl methyl sites for hydroxylation is 1. The first-order valence-electron chi connectivity index (χ1n) is 11.5. The summed E-state index contributed by atoms with van der Waals surface area (Å²) in [6.07, 6.45) is 9.74. The largest absolute Gasteiger partial charge is 0.478 e. The molecule has 172 valence electrons. The molecule has 0 amide bonds. The van der Waals surface area contributed by atoms with E-state index >= 15 is 0 Å². The van der Waals surface area contributed by atoms with Gasteiger partial charge in [0.1, 0.15) is 17.6 Å². The first-order valence-corrected chi connectivity index (χ1v) is 11.5. The lowest BCUT2D eigenvalue weighted by atomic mass is 9.93. The molecule has 1 fully saturated rings.